The van der Waals surface area contributed by atoms with Crippen molar-refractivity contribution in [2.45, 2.75) is 31.3 Å². The fourth-order valence-corrected chi connectivity index (χ4v) is 3.31. The minimum Gasteiger partial charge on any atom is -0.369 e. The van der Waals surface area contributed by atoms with E-state index in [1.54, 1.807) is 0 Å². The van der Waals surface area contributed by atoms with Crippen LogP contribution in [0.2, 0.25) is 0 Å². The first kappa shape index (κ1) is 16.2. The van der Waals surface area contributed by atoms with Crippen molar-refractivity contribution in [2.24, 2.45) is 5.92 Å². The Hall–Kier alpha value is -1.64. The molecule has 0 atom stereocenters. The van der Waals surface area contributed by atoms with Gasteiger partial charge in [-0.25, -0.2) is 0 Å². The molecule has 0 spiro atoms. The lowest BCUT2D eigenvalue weighted by molar-refractivity contribution is 0.0148. The summed E-state index contributed by atoms with van der Waals surface area (Å²) in [4.78, 5) is 0. The van der Waals surface area contributed by atoms with Crippen LogP contribution >= 0.6 is 0 Å². The summed E-state index contributed by atoms with van der Waals surface area (Å²) in [5.41, 5.74) is 2.06. The van der Waals surface area contributed by atoms with E-state index in [9.17, 15) is 0 Å². The molecular weight excluding hydrogens is 282 g/mol. The maximum atomic E-state index is 6.11. The van der Waals surface area contributed by atoms with Crippen molar-refractivity contribution in [2.75, 3.05) is 20.2 Å². The average molecular weight is 309 g/mol. The van der Waals surface area contributed by atoms with E-state index in [2.05, 4.69) is 66.0 Å². The van der Waals surface area contributed by atoms with Crippen LogP contribution in [0.15, 0.2) is 60.7 Å². The minimum atomic E-state index is -0.380. The Bertz CT molecular complexity index is 538. The Morgan fingerprint density at radius 1 is 0.913 bits per heavy atom. The predicted octanol–water partition coefficient (Wildman–Crippen LogP) is 4.36. The molecule has 122 valence electrons. The summed E-state index contributed by atoms with van der Waals surface area (Å²) < 4.78 is 6.11. The standard InChI is InChI=1S/C21H27NO/c1-23-21(19-8-4-2-5-9-19,20-10-6-3-7-11-20)15-17-22-16-14-18-12-13-18/h2-11,18,22H,12-17H2,1H3. The van der Waals surface area contributed by atoms with Gasteiger partial charge in [-0.05, 0) is 43.0 Å². The van der Waals surface area contributed by atoms with Crippen LogP contribution in [0.4, 0.5) is 0 Å². The normalized spacial score (nSPS) is 14.8. The van der Waals surface area contributed by atoms with E-state index in [0.29, 0.717) is 0 Å². The van der Waals surface area contributed by atoms with Crippen molar-refractivity contribution in [3.63, 3.8) is 0 Å². The summed E-state index contributed by atoms with van der Waals surface area (Å²) in [6.07, 6.45) is 5.11. The van der Waals surface area contributed by atoms with Gasteiger partial charge in [0.2, 0.25) is 0 Å². The Morgan fingerprint density at radius 2 is 1.48 bits per heavy atom. The molecular formula is C21H27NO. The average Bonchev–Trinajstić information content (AvgIpc) is 3.44. The zero-order chi connectivity index (χ0) is 16.0. The van der Waals surface area contributed by atoms with Gasteiger partial charge < -0.3 is 10.1 Å². The maximum absolute atomic E-state index is 6.11. The van der Waals surface area contributed by atoms with Gasteiger partial charge in [0.15, 0.2) is 0 Å². The van der Waals surface area contributed by atoms with E-state index >= 15 is 0 Å². The predicted molar refractivity (Wildman–Crippen MR) is 95.5 cm³/mol. The van der Waals surface area contributed by atoms with Crippen LogP contribution in [-0.2, 0) is 10.3 Å². The van der Waals surface area contributed by atoms with Crippen molar-refractivity contribution in [3.8, 4) is 0 Å². The first-order valence-electron chi connectivity index (χ1n) is 8.72. The Labute approximate surface area is 139 Å². The number of nitrogens with one attached hydrogen (secondary N) is 1. The smallest absolute Gasteiger partial charge is 0.119 e. The fourth-order valence-electron chi connectivity index (χ4n) is 3.31. The molecule has 0 heterocycles. The first-order chi connectivity index (χ1) is 11.3. The Kier molecular flexibility index (Phi) is 5.47. The molecule has 0 amide bonds. The van der Waals surface area contributed by atoms with E-state index < -0.39 is 0 Å². The third-order valence-corrected chi connectivity index (χ3v) is 4.91. The molecule has 0 radical (unpaired) electrons. The third-order valence-electron chi connectivity index (χ3n) is 4.91. The van der Waals surface area contributed by atoms with Crippen LogP contribution in [0.25, 0.3) is 0 Å². The van der Waals surface area contributed by atoms with E-state index in [4.69, 9.17) is 4.74 Å². The Morgan fingerprint density at radius 3 is 1.96 bits per heavy atom. The summed E-state index contributed by atoms with van der Waals surface area (Å²) in [6.45, 7) is 2.08. The molecule has 0 bridgehead atoms. The van der Waals surface area contributed by atoms with Gasteiger partial charge in [-0.3, -0.25) is 0 Å². The summed E-state index contributed by atoms with van der Waals surface area (Å²) in [5, 5.41) is 3.61. The second kappa shape index (κ2) is 7.76. The van der Waals surface area contributed by atoms with Gasteiger partial charge in [-0.1, -0.05) is 73.5 Å². The highest BCUT2D eigenvalue weighted by Gasteiger charge is 2.33. The van der Waals surface area contributed by atoms with Crippen molar-refractivity contribution >= 4 is 0 Å². The number of hydrogen-bond donors (Lipinski definition) is 1. The van der Waals surface area contributed by atoms with Gasteiger partial charge in [-0.2, -0.15) is 0 Å². The summed E-state index contributed by atoms with van der Waals surface area (Å²) in [7, 11) is 1.82. The van der Waals surface area contributed by atoms with Crippen LogP contribution in [0, 0.1) is 5.92 Å². The molecule has 23 heavy (non-hydrogen) atoms. The van der Waals surface area contributed by atoms with E-state index in [-0.39, 0.29) is 5.60 Å². The first-order valence-corrected chi connectivity index (χ1v) is 8.72. The van der Waals surface area contributed by atoms with Gasteiger partial charge in [-0.15, -0.1) is 0 Å². The van der Waals surface area contributed by atoms with Crippen molar-refractivity contribution < 1.29 is 4.74 Å². The molecule has 3 rings (SSSR count). The highest BCUT2D eigenvalue weighted by Crippen LogP contribution is 2.36. The van der Waals surface area contributed by atoms with Crippen LogP contribution in [0.5, 0.6) is 0 Å². The molecule has 2 heteroatoms. The number of hydrogen-bond acceptors (Lipinski definition) is 2. The number of rotatable bonds is 9. The molecule has 2 nitrogen and oxygen atoms in total. The second-order valence-electron chi connectivity index (χ2n) is 6.50. The molecule has 2 aromatic rings. The molecule has 0 saturated heterocycles. The van der Waals surface area contributed by atoms with Gasteiger partial charge >= 0.3 is 0 Å². The van der Waals surface area contributed by atoms with Crippen LogP contribution in [0.3, 0.4) is 0 Å². The van der Waals surface area contributed by atoms with Crippen LogP contribution in [0.1, 0.15) is 36.8 Å². The molecule has 0 aromatic heterocycles. The Balaban J connectivity index is 1.74. The molecule has 2 aromatic carbocycles. The van der Waals surface area contributed by atoms with Gasteiger partial charge in [0.05, 0.1) is 0 Å². The van der Waals surface area contributed by atoms with Crippen molar-refractivity contribution in [1.82, 2.24) is 5.32 Å². The van der Waals surface area contributed by atoms with E-state index in [1.165, 1.54) is 30.4 Å². The number of benzene rings is 2. The SMILES string of the molecule is COC(CCNCCC1CC1)(c1ccccc1)c1ccccc1. The highest BCUT2D eigenvalue weighted by molar-refractivity contribution is 5.36. The quantitative estimate of drug-likeness (QED) is 0.695. The van der Waals surface area contributed by atoms with Gasteiger partial charge in [0.25, 0.3) is 0 Å². The zero-order valence-electron chi connectivity index (χ0n) is 14.0. The molecule has 0 aliphatic heterocycles. The second-order valence-corrected chi connectivity index (χ2v) is 6.50. The molecule has 1 fully saturated rings. The minimum absolute atomic E-state index is 0.380. The number of methoxy groups -OCH3 is 1. The van der Waals surface area contributed by atoms with Crippen molar-refractivity contribution in [3.05, 3.63) is 71.8 Å². The molecule has 1 aliphatic carbocycles. The molecule has 0 unspecified atom stereocenters. The van der Waals surface area contributed by atoms with Crippen LogP contribution < -0.4 is 5.32 Å². The van der Waals surface area contributed by atoms with Crippen LogP contribution in [-0.4, -0.2) is 20.2 Å². The molecule has 1 saturated carbocycles. The van der Waals surface area contributed by atoms with Gasteiger partial charge in [0.1, 0.15) is 5.60 Å². The summed E-state index contributed by atoms with van der Waals surface area (Å²) in [6, 6.07) is 21.1. The van der Waals surface area contributed by atoms with E-state index in [1.807, 2.05) is 7.11 Å². The van der Waals surface area contributed by atoms with Gasteiger partial charge in [0, 0.05) is 7.11 Å². The number of ether oxygens (including phenoxy) is 1. The summed E-state index contributed by atoms with van der Waals surface area (Å²) >= 11 is 0. The monoisotopic (exact) mass is 309 g/mol. The maximum Gasteiger partial charge on any atom is 0.119 e. The fraction of sp³-hybridized carbons (Fsp3) is 0.429. The molecule has 1 aliphatic rings. The lowest BCUT2D eigenvalue weighted by atomic mass is 9.83. The summed E-state index contributed by atoms with van der Waals surface area (Å²) in [5.74, 6) is 0.984. The molecule has 1 N–H and O–H groups in total. The third kappa shape index (κ3) is 4.01. The van der Waals surface area contributed by atoms with Crippen molar-refractivity contribution in [1.29, 1.82) is 0 Å². The lowest BCUT2D eigenvalue weighted by Crippen LogP contribution is -2.34. The van der Waals surface area contributed by atoms with E-state index in [0.717, 1.165) is 25.4 Å². The lowest BCUT2D eigenvalue weighted by Gasteiger charge is -2.34. The topological polar surface area (TPSA) is 21.3 Å². The largest absolute Gasteiger partial charge is 0.369 e. The zero-order valence-corrected chi connectivity index (χ0v) is 14.0. The highest BCUT2D eigenvalue weighted by atomic mass is 16.5.